The molecule has 5 rings (SSSR count). The van der Waals surface area contributed by atoms with Crippen molar-refractivity contribution in [1.29, 1.82) is 0 Å². The molecule has 2 fully saturated rings. The van der Waals surface area contributed by atoms with Crippen molar-refractivity contribution in [3.63, 3.8) is 0 Å². The van der Waals surface area contributed by atoms with E-state index in [1.54, 1.807) is 32.1 Å². The van der Waals surface area contributed by atoms with Gasteiger partial charge in [0.2, 0.25) is 10.0 Å². The van der Waals surface area contributed by atoms with E-state index in [-0.39, 0.29) is 10.8 Å². The molecule has 0 spiro atoms. The van der Waals surface area contributed by atoms with Crippen LogP contribution in [0.15, 0.2) is 70.6 Å². The number of benzene rings is 2. The van der Waals surface area contributed by atoms with Crippen LogP contribution in [0, 0.1) is 0 Å². The molecular formula is C28H30N4O3S3. The fourth-order valence-corrected chi connectivity index (χ4v) is 7.59. The minimum atomic E-state index is -3.62. The Morgan fingerprint density at radius 3 is 2.47 bits per heavy atom. The molecule has 2 aliphatic heterocycles. The van der Waals surface area contributed by atoms with E-state index >= 15 is 0 Å². The number of para-hydroxylation sites is 1. The van der Waals surface area contributed by atoms with Gasteiger partial charge in [-0.25, -0.2) is 13.1 Å². The van der Waals surface area contributed by atoms with Gasteiger partial charge in [-0.15, -0.1) is 0 Å². The molecule has 0 radical (unpaired) electrons. The lowest BCUT2D eigenvalue weighted by molar-refractivity contribution is -0.122. The van der Waals surface area contributed by atoms with Gasteiger partial charge in [-0.2, -0.15) is 9.40 Å². The van der Waals surface area contributed by atoms with Crippen LogP contribution in [0.1, 0.15) is 44.6 Å². The van der Waals surface area contributed by atoms with Crippen LogP contribution in [0.5, 0.6) is 0 Å². The third kappa shape index (κ3) is 5.49. The van der Waals surface area contributed by atoms with E-state index in [2.05, 4.69) is 0 Å². The van der Waals surface area contributed by atoms with Gasteiger partial charge in [-0.3, -0.25) is 9.69 Å². The Morgan fingerprint density at radius 1 is 1.03 bits per heavy atom. The molecule has 0 aliphatic carbocycles. The van der Waals surface area contributed by atoms with E-state index in [4.69, 9.17) is 17.3 Å². The molecule has 2 aliphatic rings. The highest BCUT2D eigenvalue weighted by molar-refractivity contribution is 8.26. The smallest absolute Gasteiger partial charge is 0.266 e. The molecule has 0 saturated carbocycles. The summed E-state index contributed by atoms with van der Waals surface area (Å²) in [5, 5.41) is 4.84. The number of carbonyl (C=O) groups excluding carboxylic acids is 1. The number of aromatic nitrogens is 2. The van der Waals surface area contributed by atoms with E-state index in [1.165, 1.54) is 11.8 Å². The molecule has 2 saturated heterocycles. The topological polar surface area (TPSA) is 75.5 Å². The number of amides is 1. The molecule has 0 atom stereocenters. The number of carbonyl (C=O) groups is 1. The van der Waals surface area contributed by atoms with Crippen LogP contribution in [-0.4, -0.2) is 57.3 Å². The quantitative estimate of drug-likeness (QED) is 0.269. The fourth-order valence-electron chi connectivity index (χ4n) is 4.72. The first-order chi connectivity index (χ1) is 18.4. The Bertz CT molecular complexity index is 1470. The highest BCUT2D eigenvalue weighted by Gasteiger charge is 2.32. The predicted octanol–water partition coefficient (Wildman–Crippen LogP) is 5.72. The summed E-state index contributed by atoms with van der Waals surface area (Å²) in [7, 11) is -3.62. The van der Waals surface area contributed by atoms with Crippen molar-refractivity contribution in [3.05, 3.63) is 71.3 Å². The van der Waals surface area contributed by atoms with Crippen LogP contribution in [0.2, 0.25) is 0 Å². The highest BCUT2D eigenvalue weighted by atomic mass is 32.2. The minimum Gasteiger partial charge on any atom is -0.293 e. The third-order valence-corrected chi connectivity index (χ3v) is 9.95. The van der Waals surface area contributed by atoms with Gasteiger partial charge in [0.15, 0.2) is 0 Å². The first-order valence-electron chi connectivity index (χ1n) is 12.9. The maximum atomic E-state index is 13.5. The summed E-state index contributed by atoms with van der Waals surface area (Å²) in [4.78, 5) is 15.5. The SMILES string of the molecule is CCCN1C(=O)/C(=C/c2cn(-c3ccccc3)nc2-c2cccc(S(=O)(=O)N3CCCCCC3)c2)SC1=S. The minimum absolute atomic E-state index is 0.113. The monoisotopic (exact) mass is 566 g/mol. The zero-order chi connectivity index (χ0) is 26.7. The lowest BCUT2D eigenvalue weighted by Crippen LogP contribution is -2.31. The van der Waals surface area contributed by atoms with Crippen LogP contribution >= 0.6 is 24.0 Å². The van der Waals surface area contributed by atoms with E-state index in [0.29, 0.717) is 40.1 Å². The molecule has 3 aromatic rings. The number of hydrogen-bond donors (Lipinski definition) is 0. The molecule has 0 bridgehead atoms. The average molecular weight is 567 g/mol. The van der Waals surface area contributed by atoms with Gasteiger partial charge in [0.25, 0.3) is 5.91 Å². The summed E-state index contributed by atoms with van der Waals surface area (Å²) in [5.74, 6) is -0.113. The van der Waals surface area contributed by atoms with Crippen LogP contribution in [-0.2, 0) is 14.8 Å². The van der Waals surface area contributed by atoms with Gasteiger partial charge in [-0.05, 0) is 49.6 Å². The number of rotatable bonds is 7. The molecule has 0 N–H and O–H groups in total. The van der Waals surface area contributed by atoms with Gasteiger partial charge in [0.05, 0.1) is 15.5 Å². The van der Waals surface area contributed by atoms with Crippen molar-refractivity contribution < 1.29 is 13.2 Å². The second-order valence-electron chi connectivity index (χ2n) is 9.39. The normalized spacial score (nSPS) is 18.3. The maximum Gasteiger partial charge on any atom is 0.266 e. The van der Waals surface area contributed by atoms with Gasteiger partial charge in [0, 0.05) is 37.0 Å². The second kappa shape index (κ2) is 11.5. The van der Waals surface area contributed by atoms with Crippen LogP contribution < -0.4 is 0 Å². The van der Waals surface area contributed by atoms with E-state index < -0.39 is 10.0 Å². The summed E-state index contributed by atoms with van der Waals surface area (Å²) in [6.45, 7) is 3.67. The first-order valence-corrected chi connectivity index (χ1v) is 15.6. The van der Waals surface area contributed by atoms with Gasteiger partial charge < -0.3 is 0 Å². The Labute approximate surface area is 233 Å². The molecule has 1 amide bonds. The van der Waals surface area contributed by atoms with Gasteiger partial charge >= 0.3 is 0 Å². The molecule has 1 aromatic heterocycles. The molecule has 38 heavy (non-hydrogen) atoms. The van der Waals surface area contributed by atoms with Crippen molar-refractivity contribution in [2.45, 2.75) is 43.9 Å². The van der Waals surface area contributed by atoms with E-state index in [0.717, 1.165) is 43.4 Å². The summed E-state index contributed by atoms with van der Waals surface area (Å²) in [6.07, 6.45) is 8.35. The number of thiocarbonyl (C=S) groups is 1. The number of thioether (sulfide) groups is 1. The molecule has 198 valence electrons. The molecule has 7 nitrogen and oxygen atoms in total. The largest absolute Gasteiger partial charge is 0.293 e. The number of hydrogen-bond acceptors (Lipinski definition) is 6. The van der Waals surface area contributed by atoms with Crippen molar-refractivity contribution >= 4 is 50.3 Å². The molecular weight excluding hydrogens is 537 g/mol. The highest BCUT2D eigenvalue weighted by Crippen LogP contribution is 2.35. The summed E-state index contributed by atoms with van der Waals surface area (Å²) in [5.41, 5.74) is 2.85. The number of sulfonamides is 1. The molecule has 2 aromatic carbocycles. The standard InChI is InChI=1S/C28H30N4O3S3/c1-2-15-31-27(33)25(37-28(31)36)19-22-20-32(23-12-6-5-7-13-23)29-26(22)21-11-10-14-24(18-21)38(34,35)30-16-8-3-4-9-17-30/h5-7,10-14,18-20H,2-4,8-9,15-17H2,1H3/b25-19-. The zero-order valence-corrected chi connectivity index (χ0v) is 23.7. The van der Waals surface area contributed by atoms with Crippen LogP contribution in [0.3, 0.4) is 0 Å². The van der Waals surface area contributed by atoms with Crippen molar-refractivity contribution in [2.24, 2.45) is 0 Å². The average Bonchev–Trinajstić information content (AvgIpc) is 3.31. The summed E-state index contributed by atoms with van der Waals surface area (Å²) in [6, 6.07) is 16.6. The predicted molar refractivity (Wildman–Crippen MR) is 156 cm³/mol. The molecule has 3 heterocycles. The van der Waals surface area contributed by atoms with Gasteiger partial charge in [0.1, 0.15) is 10.0 Å². The van der Waals surface area contributed by atoms with Gasteiger partial charge in [-0.1, -0.05) is 74.1 Å². The van der Waals surface area contributed by atoms with E-state index in [1.807, 2.05) is 55.6 Å². The Balaban J connectivity index is 1.57. The molecule has 10 heteroatoms. The third-order valence-electron chi connectivity index (χ3n) is 6.68. The Hall–Kier alpha value is -2.79. The lowest BCUT2D eigenvalue weighted by atomic mass is 10.1. The van der Waals surface area contributed by atoms with Crippen molar-refractivity contribution in [2.75, 3.05) is 19.6 Å². The molecule has 0 unspecified atom stereocenters. The van der Waals surface area contributed by atoms with Crippen LogP contribution in [0.25, 0.3) is 23.0 Å². The van der Waals surface area contributed by atoms with E-state index in [9.17, 15) is 13.2 Å². The first kappa shape index (κ1) is 26.8. The summed E-state index contributed by atoms with van der Waals surface area (Å²) >= 11 is 6.73. The summed E-state index contributed by atoms with van der Waals surface area (Å²) < 4.78 is 30.9. The zero-order valence-electron chi connectivity index (χ0n) is 21.2. The Morgan fingerprint density at radius 2 is 1.76 bits per heavy atom. The van der Waals surface area contributed by atoms with Crippen molar-refractivity contribution in [1.82, 2.24) is 19.0 Å². The number of nitrogens with zero attached hydrogens (tertiary/aromatic N) is 4. The van der Waals surface area contributed by atoms with Crippen LogP contribution in [0.4, 0.5) is 0 Å². The van der Waals surface area contributed by atoms with Crippen molar-refractivity contribution in [3.8, 4) is 16.9 Å². The maximum absolute atomic E-state index is 13.5. The Kier molecular flexibility index (Phi) is 8.13. The fraction of sp³-hybridized carbons (Fsp3) is 0.321. The lowest BCUT2D eigenvalue weighted by Gasteiger charge is -2.20. The second-order valence-corrected chi connectivity index (χ2v) is 13.0.